The van der Waals surface area contributed by atoms with Crippen molar-refractivity contribution < 1.29 is 5.11 Å². The van der Waals surface area contributed by atoms with Crippen LogP contribution in [0.4, 0.5) is 0 Å². The zero-order chi connectivity index (χ0) is 16.2. The highest BCUT2D eigenvalue weighted by atomic mass is 16.3. The number of hydrogen-bond donors (Lipinski definition) is 1. The normalized spacial score (nSPS) is 20.0. The van der Waals surface area contributed by atoms with Crippen molar-refractivity contribution in [3.8, 4) is 0 Å². The molecule has 0 spiro atoms. The van der Waals surface area contributed by atoms with Crippen LogP contribution >= 0.6 is 0 Å². The van der Waals surface area contributed by atoms with Crippen molar-refractivity contribution in [2.75, 3.05) is 6.54 Å². The third-order valence-corrected chi connectivity index (χ3v) is 4.85. The van der Waals surface area contributed by atoms with E-state index in [2.05, 4.69) is 26.6 Å². The molecule has 5 heteroatoms. The van der Waals surface area contributed by atoms with Crippen LogP contribution in [0.15, 0.2) is 30.3 Å². The lowest BCUT2D eigenvalue weighted by atomic mass is 10.0. The van der Waals surface area contributed by atoms with Crippen molar-refractivity contribution in [3.63, 3.8) is 0 Å². The number of aromatic nitrogens is 3. The molecule has 0 radical (unpaired) electrons. The standard InChI is InChI=1S/C18H26N4O/c1-3-22-14(2)19-20-18(22)13-21-11-7-10-16(21)12-17(23)15-8-5-4-6-9-15/h4-6,8-9,16-17,23H,3,7,10-13H2,1-2H3. The lowest BCUT2D eigenvalue weighted by molar-refractivity contribution is 0.116. The van der Waals surface area contributed by atoms with E-state index in [-0.39, 0.29) is 0 Å². The first-order valence-corrected chi connectivity index (χ1v) is 8.54. The molecule has 0 amide bonds. The number of rotatable bonds is 6. The zero-order valence-corrected chi connectivity index (χ0v) is 14.0. The highest BCUT2D eigenvalue weighted by molar-refractivity contribution is 5.17. The minimum absolute atomic E-state index is 0.396. The van der Waals surface area contributed by atoms with Gasteiger partial charge in [-0.05, 0) is 45.2 Å². The van der Waals surface area contributed by atoms with E-state index in [0.717, 1.165) is 49.7 Å². The van der Waals surface area contributed by atoms with Gasteiger partial charge < -0.3 is 9.67 Å². The lowest BCUT2D eigenvalue weighted by Gasteiger charge is -2.26. The number of likely N-dealkylation sites (tertiary alicyclic amines) is 1. The van der Waals surface area contributed by atoms with Crippen LogP contribution in [0.1, 0.15) is 49.5 Å². The highest BCUT2D eigenvalue weighted by Crippen LogP contribution is 2.28. The summed E-state index contributed by atoms with van der Waals surface area (Å²) < 4.78 is 2.17. The Morgan fingerprint density at radius 1 is 1.26 bits per heavy atom. The van der Waals surface area contributed by atoms with Gasteiger partial charge in [-0.1, -0.05) is 30.3 Å². The molecule has 0 aliphatic carbocycles. The molecule has 1 aliphatic heterocycles. The summed E-state index contributed by atoms with van der Waals surface area (Å²) in [5.74, 6) is 2.01. The fraction of sp³-hybridized carbons (Fsp3) is 0.556. The minimum Gasteiger partial charge on any atom is -0.388 e. The predicted octanol–water partition coefficient (Wildman–Crippen LogP) is 2.69. The van der Waals surface area contributed by atoms with Gasteiger partial charge in [-0.25, -0.2) is 0 Å². The van der Waals surface area contributed by atoms with Crippen LogP contribution in [0.5, 0.6) is 0 Å². The molecule has 3 rings (SSSR count). The molecular weight excluding hydrogens is 288 g/mol. The van der Waals surface area contributed by atoms with Gasteiger partial charge in [0, 0.05) is 12.6 Å². The quantitative estimate of drug-likeness (QED) is 0.891. The van der Waals surface area contributed by atoms with Crippen molar-refractivity contribution in [2.45, 2.75) is 58.3 Å². The maximum atomic E-state index is 10.5. The molecule has 124 valence electrons. The second-order valence-electron chi connectivity index (χ2n) is 6.34. The van der Waals surface area contributed by atoms with Gasteiger partial charge >= 0.3 is 0 Å². The number of aliphatic hydroxyl groups is 1. The van der Waals surface area contributed by atoms with Gasteiger partial charge in [0.2, 0.25) is 0 Å². The van der Waals surface area contributed by atoms with Crippen LogP contribution in [0.2, 0.25) is 0 Å². The lowest BCUT2D eigenvalue weighted by Crippen LogP contribution is -2.31. The van der Waals surface area contributed by atoms with Crippen LogP contribution in [0.3, 0.4) is 0 Å². The molecule has 1 N–H and O–H groups in total. The first kappa shape index (κ1) is 16.1. The SMILES string of the molecule is CCn1c(C)nnc1CN1CCCC1CC(O)c1ccccc1. The van der Waals surface area contributed by atoms with E-state index in [1.807, 2.05) is 37.3 Å². The van der Waals surface area contributed by atoms with Gasteiger partial charge in [-0.2, -0.15) is 0 Å². The van der Waals surface area contributed by atoms with Crippen LogP contribution in [-0.4, -0.2) is 37.4 Å². The summed E-state index contributed by atoms with van der Waals surface area (Å²) in [5.41, 5.74) is 1.01. The number of nitrogens with zero attached hydrogens (tertiary/aromatic N) is 4. The zero-order valence-electron chi connectivity index (χ0n) is 14.0. The molecule has 2 unspecified atom stereocenters. The van der Waals surface area contributed by atoms with Crippen molar-refractivity contribution in [2.24, 2.45) is 0 Å². The van der Waals surface area contributed by atoms with E-state index in [4.69, 9.17) is 0 Å². The molecule has 0 bridgehead atoms. The van der Waals surface area contributed by atoms with E-state index >= 15 is 0 Å². The summed E-state index contributed by atoms with van der Waals surface area (Å²) in [7, 11) is 0. The maximum Gasteiger partial charge on any atom is 0.147 e. The number of aliphatic hydroxyl groups excluding tert-OH is 1. The van der Waals surface area contributed by atoms with Crippen molar-refractivity contribution in [1.82, 2.24) is 19.7 Å². The second kappa shape index (κ2) is 7.23. The Labute approximate surface area is 138 Å². The van der Waals surface area contributed by atoms with Crippen LogP contribution in [0, 0.1) is 6.92 Å². The van der Waals surface area contributed by atoms with Crippen LogP contribution in [-0.2, 0) is 13.1 Å². The first-order chi connectivity index (χ1) is 11.2. The molecule has 1 aromatic carbocycles. The average Bonchev–Trinajstić information content (AvgIpc) is 3.15. The Balaban J connectivity index is 1.66. The fourth-order valence-corrected chi connectivity index (χ4v) is 3.57. The van der Waals surface area contributed by atoms with Gasteiger partial charge in [0.1, 0.15) is 11.6 Å². The van der Waals surface area contributed by atoms with Crippen molar-refractivity contribution in [1.29, 1.82) is 0 Å². The molecular formula is C18H26N4O. The number of aryl methyl sites for hydroxylation is 1. The Morgan fingerprint density at radius 2 is 2.04 bits per heavy atom. The summed E-state index contributed by atoms with van der Waals surface area (Å²) in [6.45, 7) is 6.92. The van der Waals surface area contributed by atoms with E-state index in [1.165, 1.54) is 6.42 Å². The third-order valence-electron chi connectivity index (χ3n) is 4.85. The average molecular weight is 314 g/mol. The van der Waals surface area contributed by atoms with E-state index < -0.39 is 6.10 Å². The van der Waals surface area contributed by atoms with Gasteiger partial charge in [0.25, 0.3) is 0 Å². The molecule has 23 heavy (non-hydrogen) atoms. The fourth-order valence-electron chi connectivity index (χ4n) is 3.57. The third kappa shape index (κ3) is 3.62. The topological polar surface area (TPSA) is 54.2 Å². The van der Waals surface area contributed by atoms with E-state index in [9.17, 15) is 5.11 Å². The summed E-state index contributed by atoms with van der Waals surface area (Å²) in [6.07, 6.45) is 2.71. The Bertz CT molecular complexity index is 625. The molecule has 2 aromatic rings. The molecule has 1 saturated heterocycles. The molecule has 1 aliphatic rings. The maximum absolute atomic E-state index is 10.5. The Hall–Kier alpha value is -1.72. The number of hydrogen-bond acceptors (Lipinski definition) is 4. The summed E-state index contributed by atoms with van der Waals surface area (Å²) >= 11 is 0. The molecule has 0 saturated carbocycles. The van der Waals surface area contributed by atoms with Gasteiger partial charge in [0.05, 0.1) is 12.6 Å². The molecule has 1 aromatic heterocycles. The number of benzene rings is 1. The van der Waals surface area contributed by atoms with Gasteiger partial charge in [-0.15, -0.1) is 10.2 Å². The monoisotopic (exact) mass is 314 g/mol. The van der Waals surface area contributed by atoms with Crippen LogP contribution in [0.25, 0.3) is 0 Å². The van der Waals surface area contributed by atoms with Gasteiger partial charge in [-0.3, -0.25) is 4.90 Å². The van der Waals surface area contributed by atoms with E-state index in [1.54, 1.807) is 0 Å². The van der Waals surface area contributed by atoms with Crippen molar-refractivity contribution >= 4 is 0 Å². The Kier molecular flexibility index (Phi) is 5.08. The summed E-state index contributed by atoms with van der Waals surface area (Å²) in [5, 5.41) is 19.0. The molecule has 2 heterocycles. The highest BCUT2D eigenvalue weighted by Gasteiger charge is 2.28. The molecule has 5 nitrogen and oxygen atoms in total. The largest absolute Gasteiger partial charge is 0.388 e. The summed E-state index contributed by atoms with van der Waals surface area (Å²) in [4.78, 5) is 2.45. The van der Waals surface area contributed by atoms with E-state index in [0.29, 0.717) is 6.04 Å². The first-order valence-electron chi connectivity index (χ1n) is 8.54. The predicted molar refractivity (Wildman–Crippen MR) is 89.9 cm³/mol. The molecule has 1 fully saturated rings. The van der Waals surface area contributed by atoms with Crippen LogP contribution < -0.4 is 0 Å². The minimum atomic E-state index is -0.396. The van der Waals surface area contributed by atoms with Gasteiger partial charge in [0.15, 0.2) is 0 Å². The smallest absolute Gasteiger partial charge is 0.147 e. The Morgan fingerprint density at radius 3 is 2.78 bits per heavy atom. The second-order valence-corrected chi connectivity index (χ2v) is 6.34. The van der Waals surface area contributed by atoms with Crippen molar-refractivity contribution in [3.05, 3.63) is 47.5 Å². The molecule has 2 atom stereocenters. The summed E-state index contributed by atoms with van der Waals surface area (Å²) in [6, 6.07) is 10.4.